The first-order chi connectivity index (χ1) is 13.1. The Hall–Kier alpha value is -2.19. The number of carbonyl (C=O) groups excluding carboxylic acids is 1. The molecular weight excluding hydrogens is 400 g/mol. The fourth-order valence-corrected chi connectivity index (χ4v) is 6.90. The van der Waals surface area contributed by atoms with Crippen molar-refractivity contribution in [1.29, 1.82) is 0 Å². The van der Waals surface area contributed by atoms with Crippen LogP contribution in [0.5, 0.6) is 0 Å². The molecule has 8 heteroatoms. The molecule has 2 aromatic rings. The van der Waals surface area contributed by atoms with Crippen LogP contribution in [0.2, 0.25) is 0 Å². The zero-order valence-electron chi connectivity index (χ0n) is 15.7. The Morgan fingerprint density at radius 1 is 0.857 bits per heavy atom. The number of ether oxygens (including phenoxy) is 1. The van der Waals surface area contributed by atoms with E-state index in [9.17, 15) is 21.6 Å². The van der Waals surface area contributed by atoms with E-state index in [-0.39, 0.29) is 22.8 Å². The summed E-state index contributed by atoms with van der Waals surface area (Å²) in [4.78, 5) is 12.0. The standard InChI is InChI=1S/C20H22O6S2/c1-14-3-7-17(8-4-14)27(22,23)13-16-12-26-20(21)11-19(16)28(24,25)18-9-5-15(2)6-10-18/h3-10,16,19H,11-13H2,1-2H3/t16-,19-/m1/s1. The van der Waals surface area contributed by atoms with Gasteiger partial charge in [-0.05, 0) is 38.1 Å². The fraction of sp³-hybridized carbons (Fsp3) is 0.350. The van der Waals surface area contributed by atoms with Gasteiger partial charge >= 0.3 is 5.97 Å². The van der Waals surface area contributed by atoms with Crippen LogP contribution in [-0.4, -0.2) is 40.4 Å². The van der Waals surface area contributed by atoms with Crippen LogP contribution in [0.3, 0.4) is 0 Å². The van der Waals surface area contributed by atoms with Crippen LogP contribution in [-0.2, 0) is 29.2 Å². The molecule has 3 rings (SSSR count). The summed E-state index contributed by atoms with van der Waals surface area (Å²) in [6, 6.07) is 12.7. The fourth-order valence-electron chi connectivity index (χ4n) is 3.24. The predicted molar refractivity (Wildman–Crippen MR) is 104 cm³/mol. The zero-order chi connectivity index (χ0) is 20.5. The number of hydrogen-bond donors (Lipinski definition) is 0. The lowest BCUT2D eigenvalue weighted by Crippen LogP contribution is -2.43. The Labute approximate surface area is 165 Å². The molecule has 0 aromatic heterocycles. The normalized spacial score (nSPS) is 20.6. The highest BCUT2D eigenvalue weighted by atomic mass is 32.2. The molecule has 0 saturated carbocycles. The molecule has 2 aromatic carbocycles. The van der Waals surface area contributed by atoms with Crippen molar-refractivity contribution in [2.24, 2.45) is 5.92 Å². The van der Waals surface area contributed by atoms with Gasteiger partial charge in [-0.3, -0.25) is 4.79 Å². The Morgan fingerprint density at radius 3 is 1.89 bits per heavy atom. The minimum Gasteiger partial charge on any atom is -0.465 e. The van der Waals surface area contributed by atoms with Crippen molar-refractivity contribution in [2.75, 3.05) is 12.4 Å². The molecule has 0 aliphatic carbocycles. The van der Waals surface area contributed by atoms with Gasteiger partial charge in [0.1, 0.15) is 0 Å². The van der Waals surface area contributed by atoms with Gasteiger partial charge in [0.2, 0.25) is 0 Å². The molecule has 0 unspecified atom stereocenters. The first kappa shape index (κ1) is 20.5. The average Bonchev–Trinajstić information content (AvgIpc) is 2.63. The van der Waals surface area contributed by atoms with Gasteiger partial charge in [-0.25, -0.2) is 16.8 Å². The average molecular weight is 423 g/mol. The first-order valence-corrected chi connectivity index (χ1v) is 12.0. The summed E-state index contributed by atoms with van der Waals surface area (Å²) in [5, 5.41) is -1.14. The lowest BCUT2D eigenvalue weighted by Gasteiger charge is -2.30. The largest absolute Gasteiger partial charge is 0.465 e. The highest BCUT2D eigenvalue weighted by molar-refractivity contribution is 7.92. The summed E-state index contributed by atoms with van der Waals surface area (Å²) in [5.41, 5.74) is 1.82. The smallest absolute Gasteiger partial charge is 0.307 e. The second-order valence-electron chi connectivity index (χ2n) is 7.14. The minimum atomic E-state index is -3.89. The molecule has 1 aliphatic heterocycles. The highest BCUT2D eigenvalue weighted by Crippen LogP contribution is 2.30. The number of cyclic esters (lactones) is 1. The number of benzene rings is 2. The van der Waals surface area contributed by atoms with E-state index in [1.165, 1.54) is 24.3 Å². The molecule has 28 heavy (non-hydrogen) atoms. The third-order valence-corrected chi connectivity index (χ3v) is 9.05. The molecule has 0 bridgehead atoms. The Balaban J connectivity index is 1.93. The molecule has 1 aliphatic rings. The van der Waals surface area contributed by atoms with Gasteiger partial charge in [-0.2, -0.15) is 0 Å². The molecule has 1 fully saturated rings. The van der Waals surface area contributed by atoms with E-state index in [2.05, 4.69) is 0 Å². The molecular formula is C20H22O6S2. The van der Waals surface area contributed by atoms with Gasteiger partial charge in [0.15, 0.2) is 19.7 Å². The van der Waals surface area contributed by atoms with Crippen molar-refractivity contribution in [3.63, 3.8) is 0 Å². The molecule has 0 radical (unpaired) electrons. The molecule has 0 spiro atoms. The molecule has 150 valence electrons. The molecule has 0 amide bonds. The van der Waals surface area contributed by atoms with E-state index in [0.29, 0.717) is 0 Å². The van der Waals surface area contributed by atoms with Gasteiger partial charge in [-0.15, -0.1) is 0 Å². The van der Waals surface area contributed by atoms with Crippen molar-refractivity contribution in [1.82, 2.24) is 0 Å². The van der Waals surface area contributed by atoms with E-state index >= 15 is 0 Å². The molecule has 0 N–H and O–H groups in total. The van der Waals surface area contributed by atoms with Gasteiger partial charge in [0, 0.05) is 5.92 Å². The van der Waals surface area contributed by atoms with E-state index in [1.54, 1.807) is 24.3 Å². The third kappa shape index (κ3) is 4.28. The second-order valence-corrected chi connectivity index (χ2v) is 11.3. The van der Waals surface area contributed by atoms with Crippen LogP contribution in [0.25, 0.3) is 0 Å². The van der Waals surface area contributed by atoms with Crippen molar-refractivity contribution >= 4 is 25.6 Å². The number of sulfone groups is 2. The van der Waals surface area contributed by atoms with Crippen LogP contribution in [0.4, 0.5) is 0 Å². The SMILES string of the molecule is Cc1ccc(S(=O)(=O)C[C@H]2COC(=O)C[C@H]2S(=O)(=O)c2ccc(C)cc2)cc1. The lowest BCUT2D eigenvalue weighted by atomic mass is 10.0. The summed E-state index contributed by atoms with van der Waals surface area (Å²) in [7, 11) is -7.62. The van der Waals surface area contributed by atoms with E-state index < -0.39 is 42.6 Å². The van der Waals surface area contributed by atoms with Crippen molar-refractivity contribution < 1.29 is 26.4 Å². The van der Waals surface area contributed by atoms with Gasteiger partial charge in [-0.1, -0.05) is 35.4 Å². The van der Waals surface area contributed by atoms with Crippen molar-refractivity contribution in [3.05, 3.63) is 59.7 Å². The highest BCUT2D eigenvalue weighted by Gasteiger charge is 2.42. The molecule has 1 saturated heterocycles. The maximum absolute atomic E-state index is 13.1. The predicted octanol–water partition coefficient (Wildman–Crippen LogP) is 2.48. The van der Waals surface area contributed by atoms with Gasteiger partial charge < -0.3 is 4.74 Å². The second kappa shape index (κ2) is 7.67. The summed E-state index contributed by atoms with van der Waals surface area (Å²) in [6.45, 7) is 3.45. The minimum absolute atomic E-state index is 0.0792. The van der Waals surface area contributed by atoms with Crippen molar-refractivity contribution in [3.8, 4) is 0 Å². The third-order valence-electron chi connectivity index (χ3n) is 4.91. The van der Waals surface area contributed by atoms with E-state index in [0.717, 1.165) is 11.1 Å². The summed E-state index contributed by atoms with van der Waals surface area (Å²) in [5.74, 6) is -1.88. The molecule has 2 atom stereocenters. The molecule has 1 heterocycles. The maximum atomic E-state index is 13.1. The Kier molecular flexibility index (Phi) is 5.63. The Morgan fingerprint density at radius 2 is 1.36 bits per heavy atom. The van der Waals surface area contributed by atoms with Crippen LogP contribution in [0.1, 0.15) is 17.5 Å². The Bertz CT molecular complexity index is 1070. The summed E-state index contributed by atoms with van der Waals surface area (Å²) in [6.07, 6.45) is -0.357. The number of esters is 1. The van der Waals surface area contributed by atoms with Crippen LogP contribution < -0.4 is 0 Å². The maximum Gasteiger partial charge on any atom is 0.307 e. The monoisotopic (exact) mass is 422 g/mol. The topological polar surface area (TPSA) is 94.6 Å². The van der Waals surface area contributed by atoms with Crippen molar-refractivity contribution in [2.45, 2.75) is 35.3 Å². The van der Waals surface area contributed by atoms with E-state index in [4.69, 9.17) is 4.74 Å². The molecule has 6 nitrogen and oxygen atoms in total. The summed E-state index contributed by atoms with van der Waals surface area (Å²) >= 11 is 0. The number of aryl methyl sites for hydroxylation is 2. The van der Waals surface area contributed by atoms with E-state index in [1.807, 2.05) is 13.8 Å². The quantitative estimate of drug-likeness (QED) is 0.687. The van der Waals surface area contributed by atoms with Crippen LogP contribution in [0.15, 0.2) is 58.3 Å². The van der Waals surface area contributed by atoms with Gasteiger partial charge in [0.25, 0.3) is 0 Å². The number of carbonyl (C=O) groups is 1. The lowest BCUT2D eigenvalue weighted by molar-refractivity contribution is -0.148. The number of hydrogen-bond acceptors (Lipinski definition) is 6. The number of rotatable bonds is 5. The van der Waals surface area contributed by atoms with Crippen LogP contribution in [0, 0.1) is 19.8 Å². The zero-order valence-corrected chi connectivity index (χ0v) is 17.3. The van der Waals surface area contributed by atoms with Crippen LogP contribution >= 0.6 is 0 Å². The summed E-state index contributed by atoms with van der Waals surface area (Å²) < 4.78 is 56.9. The van der Waals surface area contributed by atoms with Gasteiger partial charge in [0.05, 0.1) is 33.8 Å². The first-order valence-electron chi connectivity index (χ1n) is 8.85.